The molecule has 0 radical (unpaired) electrons. The van der Waals surface area contributed by atoms with Gasteiger partial charge >= 0.3 is 0 Å². The van der Waals surface area contributed by atoms with Crippen molar-refractivity contribution in [1.82, 2.24) is 5.32 Å². The van der Waals surface area contributed by atoms with Gasteiger partial charge in [-0.3, -0.25) is 0 Å². The summed E-state index contributed by atoms with van der Waals surface area (Å²) >= 11 is 3.58. The van der Waals surface area contributed by atoms with E-state index < -0.39 is 0 Å². The molecule has 0 spiro atoms. The summed E-state index contributed by atoms with van der Waals surface area (Å²) in [5, 5.41) is 3.89. The maximum Gasteiger partial charge on any atom is 0.0331 e. The van der Waals surface area contributed by atoms with Crippen molar-refractivity contribution < 1.29 is 0 Å². The lowest BCUT2D eigenvalue weighted by molar-refractivity contribution is 0.419. The zero-order valence-corrected chi connectivity index (χ0v) is 14.1. The summed E-state index contributed by atoms with van der Waals surface area (Å²) in [6, 6.07) is 18.5. The highest BCUT2D eigenvalue weighted by atomic mass is 79.9. The first kappa shape index (κ1) is 14.8. The molecule has 0 saturated heterocycles. The molecule has 2 atom stereocenters. The SMILES string of the molecule is CCCC(NC1CCc2cc(Br)ccc21)c1ccccc1. The van der Waals surface area contributed by atoms with Gasteiger partial charge in [0.05, 0.1) is 0 Å². The van der Waals surface area contributed by atoms with Crippen LogP contribution in [0.2, 0.25) is 0 Å². The Morgan fingerprint density at radius 3 is 2.76 bits per heavy atom. The lowest BCUT2D eigenvalue weighted by Crippen LogP contribution is -2.25. The molecular weight excluding hydrogens is 322 g/mol. The highest BCUT2D eigenvalue weighted by molar-refractivity contribution is 9.10. The van der Waals surface area contributed by atoms with Gasteiger partial charge in [0.1, 0.15) is 0 Å². The molecular formula is C19H22BrN. The Morgan fingerprint density at radius 2 is 2.00 bits per heavy atom. The molecule has 0 heterocycles. The van der Waals surface area contributed by atoms with Crippen molar-refractivity contribution in [2.45, 2.75) is 44.7 Å². The van der Waals surface area contributed by atoms with Crippen LogP contribution in [0, 0.1) is 0 Å². The van der Waals surface area contributed by atoms with Crippen molar-refractivity contribution in [3.8, 4) is 0 Å². The second-order valence-electron chi connectivity index (χ2n) is 5.85. The van der Waals surface area contributed by atoms with Gasteiger partial charge in [0.2, 0.25) is 0 Å². The Labute approximate surface area is 135 Å². The first-order chi connectivity index (χ1) is 10.3. The van der Waals surface area contributed by atoms with Gasteiger partial charge < -0.3 is 5.32 Å². The van der Waals surface area contributed by atoms with E-state index in [2.05, 4.69) is 76.7 Å². The highest BCUT2D eigenvalue weighted by Gasteiger charge is 2.25. The molecule has 0 bridgehead atoms. The average Bonchev–Trinajstić information content (AvgIpc) is 2.90. The molecule has 1 nitrogen and oxygen atoms in total. The van der Waals surface area contributed by atoms with E-state index in [-0.39, 0.29) is 0 Å². The fraction of sp³-hybridized carbons (Fsp3) is 0.368. The van der Waals surface area contributed by atoms with Crippen LogP contribution in [0.1, 0.15) is 55.0 Å². The Morgan fingerprint density at radius 1 is 1.19 bits per heavy atom. The van der Waals surface area contributed by atoms with Gasteiger partial charge in [-0.2, -0.15) is 0 Å². The standard InChI is InChI=1S/C19H22BrN/c1-2-6-18(14-7-4-3-5-8-14)21-19-12-9-15-13-16(20)10-11-17(15)19/h3-5,7-8,10-11,13,18-19,21H,2,6,9,12H2,1H3. The van der Waals surface area contributed by atoms with Crippen LogP contribution in [0.25, 0.3) is 0 Å². The molecule has 2 aromatic rings. The van der Waals surface area contributed by atoms with E-state index in [1.807, 2.05) is 0 Å². The predicted octanol–water partition coefficient (Wildman–Crippen LogP) is 5.57. The third kappa shape index (κ3) is 3.38. The molecule has 2 unspecified atom stereocenters. The summed E-state index contributed by atoms with van der Waals surface area (Å²) in [4.78, 5) is 0. The Balaban J connectivity index is 1.79. The molecule has 0 aliphatic heterocycles. The third-order valence-electron chi connectivity index (χ3n) is 4.36. The summed E-state index contributed by atoms with van der Waals surface area (Å²) in [6.45, 7) is 2.26. The first-order valence-corrected chi connectivity index (χ1v) is 8.66. The molecule has 1 aliphatic carbocycles. The lowest BCUT2D eigenvalue weighted by atomic mass is 10.00. The molecule has 0 amide bonds. The van der Waals surface area contributed by atoms with E-state index >= 15 is 0 Å². The Bertz CT molecular complexity index is 594. The van der Waals surface area contributed by atoms with E-state index in [1.165, 1.54) is 46.8 Å². The van der Waals surface area contributed by atoms with Gasteiger partial charge in [0.15, 0.2) is 0 Å². The van der Waals surface area contributed by atoms with Crippen molar-refractivity contribution >= 4 is 15.9 Å². The number of aryl methyl sites for hydroxylation is 1. The van der Waals surface area contributed by atoms with Crippen molar-refractivity contribution in [2.24, 2.45) is 0 Å². The number of fused-ring (bicyclic) bond motifs is 1. The maximum atomic E-state index is 3.89. The van der Waals surface area contributed by atoms with E-state index in [1.54, 1.807) is 0 Å². The number of rotatable bonds is 5. The molecule has 1 N–H and O–H groups in total. The van der Waals surface area contributed by atoms with Crippen LogP contribution >= 0.6 is 15.9 Å². The van der Waals surface area contributed by atoms with Crippen LogP contribution in [0.3, 0.4) is 0 Å². The summed E-state index contributed by atoms with van der Waals surface area (Å²) in [5.41, 5.74) is 4.38. The van der Waals surface area contributed by atoms with E-state index in [9.17, 15) is 0 Å². The normalized spacial score (nSPS) is 18.5. The zero-order valence-electron chi connectivity index (χ0n) is 12.5. The monoisotopic (exact) mass is 343 g/mol. The molecule has 21 heavy (non-hydrogen) atoms. The summed E-state index contributed by atoms with van der Waals surface area (Å²) in [7, 11) is 0. The molecule has 2 heteroatoms. The molecule has 0 aromatic heterocycles. The summed E-state index contributed by atoms with van der Waals surface area (Å²) in [6.07, 6.45) is 4.78. The second-order valence-corrected chi connectivity index (χ2v) is 6.77. The zero-order chi connectivity index (χ0) is 14.7. The molecule has 110 valence electrons. The van der Waals surface area contributed by atoms with E-state index in [0.29, 0.717) is 12.1 Å². The summed E-state index contributed by atoms with van der Waals surface area (Å²) in [5.74, 6) is 0. The molecule has 3 rings (SSSR count). The van der Waals surface area contributed by atoms with Gasteiger partial charge in [-0.05, 0) is 48.1 Å². The van der Waals surface area contributed by atoms with Gasteiger partial charge in [-0.25, -0.2) is 0 Å². The largest absolute Gasteiger partial charge is 0.303 e. The topological polar surface area (TPSA) is 12.0 Å². The number of hydrogen-bond acceptors (Lipinski definition) is 1. The molecule has 0 fully saturated rings. The van der Waals surface area contributed by atoms with Crippen LogP contribution in [0.4, 0.5) is 0 Å². The van der Waals surface area contributed by atoms with Crippen molar-refractivity contribution in [2.75, 3.05) is 0 Å². The van der Waals surface area contributed by atoms with Crippen LogP contribution in [-0.2, 0) is 6.42 Å². The van der Waals surface area contributed by atoms with Crippen molar-refractivity contribution in [1.29, 1.82) is 0 Å². The second kappa shape index (κ2) is 6.76. The molecule has 1 aliphatic rings. The van der Waals surface area contributed by atoms with Crippen LogP contribution in [0.5, 0.6) is 0 Å². The minimum absolute atomic E-state index is 0.454. The predicted molar refractivity (Wildman–Crippen MR) is 92.4 cm³/mol. The maximum absolute atomic E-state index is 3.89. The van der Waals surface area contributed by atoms with Gasteiger partial charge in [-0.15, -0.1) is 0 Å². The number of benzene rings is 2. The molecule has 0 saturated carbocycles. The smallest absolute Gasteiger partial charge is 0.0331 e. The Hall–Kier alpha value is -1.12. The van der Waals surface area contributed by atoms with Crippen molar-refractivity contribution in [3.05, 3.63) is 69.7 Å². The fourth-order valence-corrected chi connectivity index (χ4v) is 3.73. The number of halogens is 1. The van der Waals surface area contributed by atoms with E-state index in [0.717, 1.165) is 0 Å². The minimum Gasteiger partial charge on any atom is -0.303 e. The minimum atomic E-state index is 0.454. The lowest BCUT2D eigenvalue weighted by Gasteiger charge is -2.24. The number of nitrogens with one attached hydrogen (secondary N) is 1. The van der Waals surface area contributed by atoms with Crippen LogP contribution in [-0.4, -0.2) is 0 Å². The van der Waals surface area contributed by atoms with Gasteiger partial charge in [0.25, 0.3) is 0 Å². The average molecular weight is 344 g/mol. The fourth-order valence-electron chi connectivity index (χ4n) is 3.32. The first-order valence-electron chi connectivity index (χ1n) is 7.87. The quantitative estimate of drug-likeness (QED) is 0.748. The number of hydrogen-bond donors (Lipinski definition) is 1. The summed E-state index contributed by atoms with van der Waals surface area (Å²) < 4.78 is 1.19. The van der Waals surface area contributed by atoms with E-state index in [4.69, 9.17) is 0 Å². The van der Waals surface area contributed by atoms with Crippen LogP contribution in [0.15, 0.2) is 53.0 Å². The van der Waals surface area contributed by atoms with Crippen LogP contribution < -0.4 is 5.32 Å². The Kier molecular flexibility index (Phi) is 4.77. The van der Waals surface area contributed by atoms with Crippen molar-refractivity contribution in [3.63, 3.8) is 0 Å². The third-order valence-corrected chi connectivity index (χ3v) is 4.86. The van der Waals surface area contributed by atoms with Gasteiger partial charge in [0, 0.05) is 16.6 Å². The van der Waals surface area contributed by atoms with Gasteiger partial charge in [-0.1, -0.05) is 65.7 Å². The molecule has 2 aromatic carbocycles. The highest BCUT2D eigenvalue weighted by Crippen LogP contribution is 2.35.